The van der Waals surface area contributed by atoms with Gasteiger partial charge in [0.1, 0.15) is 0 Å². The van der Waals surface area contributed by atoms with Crippen LogP contribution in [0.25, 0.3) is 0 Å². The molecule has 166 valence electrons. The number of nitrogens with one attached hydrogen (secondary N) is 2. The van der Waals surface area contributed by atoms with Gasteiger partial charge in [-0.05, 0) is 65.3 Å². The summed E-state index contributed by atoms with van der Waals surface area (Å²) in [7, 11) is 0. The molecule has 2 aliphatic rings. The van der Waals surface area contributed by atoms with Gasteiger partial charge in [-0.25, -0.2) is 0 Å². The van der Waals surface area contributed by atoms with E-state index in [-0.39, 0.29) is 36.7 Å². The van der Waals surface area contributed by atoms with Crippen molar-refractivity contribution in [2.24, 2.45) is 5.92 Å². The Morgan fingerprint density at radius 3 is 2.63 bits per heavy atom. The van der Waals surface area contributed by atoms with Crippen LogP contribution in [0, 0.1) is 5.92 Å². The molecule has 8 heteroatoms. The molecule has 0 radical (unpaired) electrons. The maximum Gasteiger partial charge on any atom is 0.241 e. The normalized spacial score (nSPS) is 17.7. The summed E-state index contributed by atoms with van der Waals surface area (Å²) in [4.78, 5) is 27.2. The lowest BCUT2D eigenvalue weighted by atomic mass is 9.95. The second kappa shape index (κ2) is 10.6. The van der Waals surface area contributed by atoms with Crippen LogP contribution in [0.1, 0.15) is 40.0 Å². The maximum atomic E-state index is 12.7. The fourth-order valence-electron chi connectivity index (χ4n) is 3.68. The molecule has 3 rings (SSSR count). The monoisotopic (exact) mass is 419 g/mol. The van der Waals surface area contributed by atoms with Gasteiger partial charge in [-0.1, -0.05) is 0 Å². The highest BCUT2D eigenvalue weighted by molar-refractivity contribution is 5.94. The largest absolute Gasteiger partial charge is 0.454 e. The molecule has 8 nitrogen and oxygen atoms in total. The second-order valence-electron chi connectivity index (χ2n) is 8.11. The third-order valence-corrected chi connectivity index (χ3v) is 5.54. The average molecular weight is 420 g/mol. The van der Waals surface area contributed by atoms with E-state index < -0.39 is 0 Å². The van der Waals surface area contributed by atoms with E-state index in [4.69, 9.17) is 14.2 Å². The van der Waals surface area contributed by atoms with Crippen molar-refractivity contribution in [1.82, 2.24) is 10.2 Å². The van der Waals surface area contributed by atoms with Crippen molar-refractivity contribution in [3.8, 4) is 11.5 Å². The number of ether oxygens (including phenoxy) is 3. The zero-order chi connectivity index (χ0) is 21.5. The van der Waals surface area contributed by atoms with Gasteiger partial charge in [0.05, 0.1) is 12.1 Å². The second-order valence-corrected chi connectivity index (χ2v) is 8.11. The Bertz CT molecular complexity index is 731. The summed E-state index contributed by atoms with van der Waals surface area (Å²) in [6.45, 7) is 8.86. The summed E-state index contributed by atoms with van der Waals surface area (Å²) in [6.07, 6.45) is 2.56. The first-order valence-electron chi connectivity index (χ1n) is 10.8. The number of amides is 2. The summed E-state index contributed by atoms with van der Waals surface area (Å²) in [5, 5.41) is 5.95. The van der Waals surface area contributed by atoms with Gasteiger partial charge in [0.2, 0.25) is 18.6 Å². The maximum absolute atomic E-state index is 12.7. The molecule has 1 saturated heterocycles. The zero-order valence-electron chi connectivity index (χ0n) is 18.1. The lowest BCUT2D eigenvalue weighted by Crippen LogP contribution is -2.48. The first kappa shape index (κ1) is 22.4. The van der Waals surface area contributed by atoms with Crippen LogP contribution in [0.5, 0.6) is 11.5 Å². The number of fused-ring (bicyclic) bond motifs is 1. The standard InChI is InChI=1S/C22H33N3O5/c1-15(2)28-12-4-9-23-22(27)17-7-10-25(11-8-17)16(3)21(26)24-18-5-6-19-20(13-18)30-14-29-19/h5-6,13,15-17H,4,7-12,14H2,1-3H3,(H,23,27)(H,24,26). The van der Waals surface area contributed by atoms with Crippen molar-refractivity contribution in [2.75, 3.05) is 38.4 Å². The number of piperidine rings is 1. The Morgan fingerprint density at radius 1 is 1.17 bits per heavy atom. The van der Waals surface area contributed by atoms with Crippen molar-refractivity contribution in [3.05, 3.63) is 18.2 Å². The van der Waals surface area contributed by atoms with Crippen molar-refractivity contribution < 1.29 is 23.8 Å². The van der Waals surface area contributed by atoms with Gasteiger partial charge in [0.25, 0.3) is 0 Å². The van der Waals surface area contributed by atoms with E-state index in [9.17, 15) is 9.59 Å². The topological polar surface area (TPSA) is 89.1 Å². The molecular formula is C22H33N3O5. The van der Waals surface area contributed by atoms with Gasteiger partial charge in [0, 0.05) is 30.8 Å². The molecule has 2 N–H and O–H groups in total. The van der Waals surface area contributed by atoms with E-state index in [1.807, 2.05) is 20.8 Å². The van der Waals surface area contributed by atoms with E-state index in [1.165, 1.54) is 0 Å². The molecule has 0 aliphatic carbocycles. The van der Waals surface area contributed by atoms with Crippen molar-refractivity contribution in [2.45, 2.75) is 52.2 Å². The quantitative estimate of drug-likeness (QED) is 0.598. The highest BCUT2D eigenvalue weighted by Gasteiger charge is 2.29. The van der Waals surface area contributed by atoms with Gasteiger partial charge in [0.15, 0.2) is 11.5 Å². The van der Waals surface area contributed by atoms with E-state index in [0.29, 0.717) is 30.3 Å². The highest BCUT2D eigenvalue weighted by Crippen LogP contribution is 2.34. The summed E-state index contributed by atoms with van der Waals surface area (Å²) in [5.74, 6) is 1.38. The number of likely N-dealkylation sites (tertiary alicyclic amines) is 1. The number of rotatable bonds is 9. The van der Waals surface area contributed by atoms with Crippen LogP contribution < -0.4 is 20.1 Å². The van der Waals surface area contributed by atoms with Gasteiger partial charge in [-0.3, -0.25) is 14.5 Å². The van der Waals surface area contributed by atoms with Gasteiger partial charge >= 0.3 is 0 Å². The minimum absolute atomic E-state index is 0.0105. The number of carbonyl (C=O) groups is 2. The van der Waals surface area contributed by atoms with Crippen LogP contribution in [0.15, 0.2) is 18.2 Å². The number of carbonyl (C=O) groups excluding carboxylic acids is 2. The lowest BCUT2D eigenvalue weighted by Gasteiger charge is -2.34. The first-order chi connectivity index (χ1) is 14.4. The summed E-state index contributed by atoms with van der Waals surface area (Å²) in [5.41, 5.74) is 0.687. The Labute approximate surface area is 178 Å². The SMILES string of the molecule is CC(C)OCCCNC(=O)C1CCN(C(C)C(=O)Nc2ccc3c(c2)OCO3)CC1. The van der Waals surface area contributed by atoms with Gasteiger partial charge in [-0.15, -0.1) is 0 Å². The van der Waals surface area contributed by atoms with E-state index in [0.717, 1.165) is 32.4 Å². The molecule has 0 spiro atoms. The molecule has 0 bridgehead atoms. The smallest absolute Gasteiger partial charge is 0.241 e. The number of hydrogen-bond acceptors (Lipinski definition) is 6. The van der Waals surface area contributed by atoms with E-state index in [1.54, 1.807) is 18.2 Å². The molecule has 1 aromatic carbocycles. The number of nitrogens with zero attached hydrogens (tertiary/aromatic N) is 1. The number of benzene rings is 1. The third kappa shape index (κ3) is 6.09. The lowest BCUT2D eigenvalue weighted by molar-refractivity contribution is -0.127. The molecule has 1 fully saturated rings. The van der Waals surface area contributed by atoms with Crippen LogP contribution in [0.3, 0.4) is 0 Å². The predicted molar refractivity (Wildman–Crippen MR) is 114 cm³/mol. The summed E-state index contributed by atoms with van der Waals surface area (Å²) in [6, 6.07) is 5.10. The van der Waals surface area contributed by atoms with Gasteiger partial charge in [-0.2, -0.15) is 0 Å². The molecule has 2 amide bonds. The van der Waals surface area contributed by atoms with Crippen molar-refractivity contribution >= 4 is 17.5 Å². The molecule has 0 saturated carbocycles. The Kier molecular flexibility index (Phi) is 7.93. The fourth-order valence-corrected chi connectivity index (χ4v) is 3.68. The average Bonchev–Trinajstić information content (AvgIpc) is 3.20. The number of anilines is 1. The van der Waals surface area contributed by atoms with Crippen LogP contribution >= 0.6 is 0 Å². The van der Waals surface area contributed by atoms with Crippen LogP contribution in [-0.4, -0.2) is 61.9 Å². The first-order valence-corrected chi connectivity index (χ1v) is 10.8. The van der Waals surface area contributed by atoms with Crippen molar-refractivity contribution in [3.63, 3.8) is 0 Å². The van der Waals surface area contributed by atoms with E-state index >= 15 is 0 Å². The molecule has 30 heavy (non-hydrogen) atoms. The minimum atomic E-state index is -0.271. The fraction of sp³-hybridized carbons (Fsp3) is 0.636. The molecule has 1 unspecified atom stereocenters. The minimum Gasteiger partial charge on any atom is -0.454 e. The summed E-state index contributed by atoms with van der Waals surface area (Å²) >= 11 is 0. The molecule has 1 aromatic rings. The molecule has 2 aliphatic heterocycles. The third-order valence-electron chi connectivity index (χ3n) is 5.54. The molecule has 2 heterocycles. The number of hydrogen-bond donors (Lipinski definition) is 2. The molecule has 1 atom stereocenters. The predicted octanol–water partition coefficient (Wildman–Crippen LogP) is 2.39. The van der Waals surface area contributed by atoms with Crippen LogP contribution in [0.2, 0.25) is 0 Å². The Hall–Kier alpha value is -2.32. The highest BCUT2D eigenvalue weighted by atomic mass is 16.7. The molecule has 0 aromatic heterocycles. The van der Waals surface area contributed by atoms with E-state index in [2.05, 4.69) is 15.5 Å². The van der Waals surface area contributed by atoms with Crippen molar-refractivity contribution in [1.29, 1.82) is 0 Å². The van der Waals surface area contributed by atoms with Crippen LogP contribution in [0.4, 0.5) is 5.69 Å². The Balaban J connectivity index is 1.38. The summed E-state index contributed by atoms with van der Waals surface area (Å²) < 4.78 is 16.1. The van der Waals surface area contributed by atoms with Crippen LogP contribution in [-0.2, 0) is 14.3 Å². The zero-order valence-corrected chi connectivity index (χ0v) is 18.1. The molecular weight excluding hydrogens is 386 g/mol. The Morgan fingerprint density at radius 2 is 1.90 bits per heavy atom. The van der Waals surface area contributed by atoms with Gasteiger partial charge < -0.3 is 24.8 Å².